The van der Waals surface area contributed by atoms with Gasteiger partial charge in [0.1, 0.15) is 22.5 Å². The normalized spacial score (nSPS) is 20.6. The maximum atomic E-state index is 9.20. The van der Waals surface area contributed by atoms with Gasteiger partial charge in [0.25, 0.3) is 0 Å². The summed E-state index contributed by atoms with van der Waals surface area (Å²) in [6.45, 7) is 15.2. The summed E-state index contributed by atoms with van der Waals surface area (Å²) < 4.78 is 10.5. The van der Waals surface area contributed by atoms with Crippen molar-refractivity contribution in [3.8, 4) is 57.2 Å². The summed E-state index contributed by atoms with van der Waals surface area (Å²) in [5.41, 5.74) is 19.1. The number of nitrogen functional groups attached to an aromatic ring is 2. The van der Waals surface area contributed by atoms with Crippen LogP contribution in [0.3, 0.4) is 0 Å². The second-order valence-corrected chi connectivity index (χ2v) is 15.4. The van der Waals surface area contributed by atoms with Crippen molar-refractivity contribution in [1.82, 2.24) is 68.3 Å². The standard InChI is InChI=1S/2C20H18N10/c2*1-23-12-20(5-13(6-20)7-21)30-10-15(19(22)27-30)18-17-3-4-24-29(17)11-16(26-18)14-8-25-28(2)9-14/h2*3-4,8-11,13H,5-6,12H2,2H3,(H2,22,27). The number of nitriles is 2. The van der Waals surface area contributed by atoms with E-state index in [1.165, 1.54) is 0 Å². The Morgan fingerprint density at radius 3 is 1.43 bits per heavy atom. The van der Waals surface area contributed by atoms with Crippen molar-refractivity contribution >= 4 is 22.7 Å². The van der Waals surface area contributed by atoms with Crippen LogP contribution in [0.1, 0.15) is 25.7 Å². The zero-order valence-corrected chi connectivity index (χ0v) is 32.5. The highest BCUT2D eigenvalue weighted by molar-refractivity contribution is 5.85. The Labute approximate surface area is 342 Å². The first-order valence-corrected chi connectivity index (χ1v) is 18.9. The number of hydrogen-bond acceptors (Lipinski definition) is 12. The molecule has 0 saturated heterocycles. The number of fused-ring (bicyclic) bond motifs is 2. The lowest BCUT2D eigenvalue weighted by Gasteiger charge is -2.40. The Morgan fingerprint density at radius 2 is 1.08 bits per heavy atom. The Morgan fingerprint density at radius 1 is 0.667 bits per heavy atom. The van der Waals surface area contributed by atoms with Crippen molar-refractivity contribution < 1.29 is 0 Å². The molecule has 8 aromatic rings. The van der Waals surface area contributed by atoms with Gasteiger partial charge in [-0.05, 0) is 37.8 Å². The average Bonchev–Trinajstić information content (AvgIpc) is 4.07. The lowest BCUT2D eigenvalue weighted by molar-refractivity contribution is 0.102. The van der Waals surface area contributed by atoms with Crippen LogP contribution in [0.5, 0.6) is 0 Å². The second-order valence-electron chi connectivity index (χ2n) is 15.4. The minimum Gasteiger partial charge on any atom is -0.382 e. The molecule has 0 aliphatic heterocycles. The first-order valence-electron chi connectivity index (χ1n) is 18.9. The van der Waals surface area contributed by atoms with Crippen molar-refractivity contribution in [2.45, 2.75) is 36.8 Å². The van der Waals surface area contributed by atoms with E-state index in [1.54, 1.807) is 52.5 Å². The molecule has 2 fully saturated rings. The fourth-order valence-corrected chi connectivity index (χ4v) is 8.23. The Bertz CT molecular complexity index is 2880. The highest BCUT2D eigenvalue weighted by atomic mass is 15.4. The van der Waals surface area contributed by atoms with Gasteiger partial charge in [-0.2, -0.15) is 41.1 Å². The van der Waals surface area contributed by atoms with Gasteiger partial charge < -0.3 is 21.2 Å². The first kappa shape index (κ1) is 37.2. The van der Waals surface area contributed by atoms with Gasteiger partial charge in [0, 0.05) is 50.0 Å². The maximum absolute atomic E-state index is 9.20. The molecule has 20 heteroatoms. The second kappa shape index (κ2) is 14.2. The smallest absolute Gasteiger partial charge is 0.239 e. The van der Waals surface area contributed by atoms with Crippen molar-refractivity contribution in [1.29, 1.82) is 10.5 Å². The predicted octanol–water partition coefficient (Wildman–Crippen LogP) is 4.25. The van der Waals surface area contributed by atoms with E-state index in [2.05, 4.69) is 52.4 Å². The van der Waals surface area contributed by atoms with E-state index >= 15 is 0 Å². The van der Waals surface area contributed by atoms with Gasteiger partial charge in [0.05, 0.1) is 94.7 Å². The Kier molecular flexibility index (Phi) is 8.83. The molecule has 0 spiro atoms. The molecular formula is C40H36N20. The number of nitrogens with zero attached hydrogens (tertiary/aromatic N) is 18. The van der Waals surface area contributed by atoms with E-state index in [4.69, 9.17) is 34.6 Å². The molecule has 2 aliphatic carbocycles. The predicted molar refractivity (Wildman–Crippen MR) is 217 cm³/mol. The maximum Gasteiger partial charge on any atom is 0.239 e. The zero-order valence-electron chi connectivity index (χ0n) is 32.5. The number of aromatic nitrogens is 14. The monoisotopic (exact) mass is 796 g/mol. The molecule has 8 heterocycles. The molecule has 0 atom stereocenters. The number of nitrogens with two attached hydrogens (primary N) is 2. The Hall–Kier alpha value is -8.36. The molecule has 296 valence electrons. The van der Waals surface area contributed by atoms with Crippen LogP contribution in [0.4, 0.5) is 11.6 Å². The van der Waals surface area contributed by atoms with Crippen LogP contribution in [0.15, 0.2) is 74.1 Å². The molecule has 8 aromatic heterocycles. The highest BCUT2D eigenvalue weighted by Crippen LogP contribution is 2.46. The average molecular weight is 797 g/mol. The van der Waals surface area contributed by atoms with Crippen LogP contribution in [-0.2, 0) is 25.2 Å². The van der Waals surface area contributed by atoms with Gasteiger partial charge in [-0.3, -0.25) is 18.7 Å². The van der Waals surface area contributed by atoms with Crippen LogP contribution in [-0.4, -0.2) is 81.4 Å². The third-order valence-electron chi connectivity index (χ3n) is 11.4. The molecule has 0 amide bonds. The zero-order chi connectivity index (χ0) is 41.8. The molecule has 4 N–H and O–H groups in total. The van der Waals surface area contributed by atoms with E-state index < -0.39 is 11.1 Å². The fraction of sp³-hybridized carbons (Fsp3) is 0.300. The number of rotatable bonds is 8. The van der Waals surface area contributed by atoms with Crippen LogP contribution in [0.25, 0.3) is 65.8 Å². The summed E-state index contributed by atoms with van der Waals surface area (Å²) in [5, 5.41) is 44.6. The van der Waals surface area contributed by atoms with Gasteiger partial charge in [-0.25, -0.2) is 32.1 Å². The lowest BCUT2D eigenvalue weighted by atomic mass is 9.69. The topological polar surface area (TPSA) is 240 Å². The number of hydrogen-bond donors (Lipinski definition) is 2. The molecule has 0 radical (unpaired) electrons. The molecule has 60 heavy (non-hydrogen) atoms. The van der Waals surface area contributed by atoms with Crippen LogP contribution < -0.4 is 11.5 Å². The molecule has 2 aliphatic rings. The molecule has 0 aromatic carbocycles. The third-order valence-corrected chi connectivity index (χ3v) is 11.4. The van der Waals surface area contributed by atoms with Gasteiger partial charge in [0.15, 0.2) is 11.6 Å². The van der Waals surface area contributed by atoms with E-state index in [1.807, 2.05) is 63.4 Å². The van der Waals surface area contributed by atoms with E-state index in [0.717, 1.165) is 22.2 Å². The SMILES string of the molecule is [C-]#[N+]CC1(n2cc(-c3nc(-c4cnn(C)c4)cn4nccc34)c(N)n2)CC(C#N)C1.[C-]#[N+]CC1(n2cc(-c3nc(-c4cnn(C)c4)cn4nccc34)c(N)n2)CC(C#N)C1. The van der Waals surface area contributed by atoms with Gasteiger partial charge in [-0.15, -0.1) is 0 Å². The quantitative estimate of drug-likeness (QED) is 0.205. The molecule has 10 rings (SSSR count). The van der Waals surface area contributed by atoms with Crippen LogP contribution in [0.2, 0.25) is 0 Å². The van der Waals surface area contributed by atoms with Crippen LogP contribution in [0, 0.1) is 47.6 Å². The minimum atomic E-state index is -0.494. The largest absolute Gasteiger partial charge is 0.382 e. The molecule has 20 nitrogen and oxygen atoms in total. The summed E-state index contributed by atoms with van der Waals surface area (Å²) in [4.78, 5) is 16.9. The van der Waals surface area contributed by atoms with Gasteiger partial charge >= 0.3 is 0 Å². The van der Waals surface area contributed by atoms with Gasteiger partial charge in [0.2, 0.25) is 13.1 Å². The molecular weight excluding hydrogens is 761 g/mol. The molecule has 0 bridgehead atoms. The van der Waals surface area contributed by atoms with E-state index in [9.17, 15) is 10.5 Å². The van der Waals surface area contributed by atoms with Crippen molar-refractivity contribution in [2.24, 2.45) is 25.9 Å². The summed E-state index contributed by atoms with van der Waals surface area (Å²) in [5.74, 6) is 0.542. The van der Waals surface area contributed by atoms with Gasteiger partial charge in [-0.1, -0.05) is 0 Å². The minimum absolute atomic E-state index is 0.0609. The van der Waals surface area contributed by atoms with Crippen molar-refractivity contribution in [3.05, 3.63) is 96.9 Å². The molecule has 2 saturated carbocycles. The number of aryl methyl sites for hydroxylation is 2. The van der Waals surface area contributed by atoms with Crippen molar-refractivity contribution in [2.75, 3.05) is 24.6 Å². The lowest BCUT2D eigenvalue weighted by Crippen LogP contribution is -2.48. The first-order chi connectivity index (χ1) is 29.1. The fourth-order valence-electron chi connectivity index (χ4n) is 8.23. The highest BCUT2D eigenvalue weighted by Gasteiger charge is 2.51. The van der Waals surface area contributed by atoms with Crippen molar-refractivity contribution in [3.63, 3.8) is 0 Å². The van der Waals surface area contributed by atoms with E-state index in [-0.39, 0.29) is 24.9 Å². The number of anilines is 2. The summed E-state index contributed by atoms with van der Waals surface area (Å²) in [7, 11) is 3.70. The Balaban J connectivity index is 0.000000154. The summed E-state index contributed by atoms with van der Waals surface area (Å²) >= 11 is 0. The summed E-state index contributed by atoms with van der Waals surface area (Å²) in [6, 6.07) is 8.30. The van der Waals surface area contributed by atoms with Crippen LogP contribution >= 0.6 is 0 Å². The summed E-state index contributed by atoms with van der Waals surface area (Å²) in [6.07, 6.45) is 20.4. The van der Waals surface area contributed by atoms with E-state index in [0.29, 0.717) is 71.2 Å². The molecule has 0 unspecified atom stereocenters. The third kappa shape index (κ3) is 6.20.